The normalized spacial score (nSPS) is 14.8. The van der Waals surface area contributed by atoms with Crippen LogP contribution >= 0.6 is 11.6 Å². The number of rotatable bonds is 7. The van der Waals surface area contributed by atoms with Crippen molar-refractivity contribution in [1.82, 2.24) is 4.90 Å². The Balaban J connectivity index is 2.81. The van der Waals surface area contributed by atoms with E-state index in [4.69, 9.17) is 22.1 Å². The van der Waals surface area contributed by atoms with E-state index in [1.165, 1.54) is 5.56 Å². The summed E-state index contributed by atoms with van der Waals surface area (Å²) in [6.45, 7) is 4.17. The standard InChI is InChI=1S/C14H23ClN2O/c1-4-14(10-16,11-18-3)17(2)9-12-6-5-7-13(15)8-12/h5-8H,4,9-11,16H2,1-3H3. The zero-order chi connectivity index (χ0) is 13.6. The maximum absolute atomic E-state index is 6.00. The third kappa shape index (κ3) is 3.69. The maximum atomic E-state index is 6.00. The Morgan fingerprint density at radius 3 is 2.67 bits per heavy atom. The first-order valence-electron chi connectivity index (χ1n) is 6.22. The highest BCUT2D eigenvalue weighted by atomic mass is 35.5. The van der Waals surface area contributed by atoms with Gasteiger partial charge in [-0.15, -0.1) is 0 Å². The molecule has 1 rings (SSSR count). The fourth-order valence-electron chi connectivity index (χ4n) is 2.19. The molecule has 0 aliphatic heterocycles. The fourth-order valence-corrected chi connectivity index (χ4v) is 2.40. The average Bonchev–Trinajstić information content (AvgIpc) is 2.36. The van der Waals surface area contributed by atoms with Crippen LogP contribution < -0.4 is 5.73 Å². The molecule has 1 aromatic carbocycles. The van der Waals surface area contributed by atoms with E-state index in [-0.39, 0.29) is 5.54 Å². The topological polar surface area (TPSA) is 38.5 Å². The monoisotopic (exact) mass is 270 g/mol. The summed E-state index contributed by atoms with van der Waals surface area (Å²) in [6.07, 6.45) is 0.953. The molecule has 0 aromatic heterocycles. The molecule has 0 heterocycles. The van der Waals surface area contributed by atoms with Gasteiger partial charge in [-0.1, -0.05) is 30.7 Å². The van der Waals surface area contributed by atoms with Gasteiger partial charge in [0, 0.05) is 25.2 Å². The molecule has 1 unspecified atom stereocenters. The summed E-state index contributed by atoms with van der Waals surface area (Å²) in [5.41, 5.74) is 7.01. The van der Waals surface area contributed by atoms with E-state index in [2.05, 4.69) is 24.9 Å². The van der Waals surface area contributed by atoms with Crippen LogP contribution in [0.5, 0.6) is 0 Å². The lowest BCUT2D eigenvalue weighted by Gasteiger charge is -2.40. The fraction of sp³-hybridized carbons (Fsp3) is 0.571. The quantitative estimate of drug-likeness (QED) is 0.827. The van der Waals surface area contributed by atoms with Crippen LogP contribution in [0.2, 0.25) is 5.02 Å². The molecule has 102 valence electrons. The minimum absolute atomic E-state index is 0.114. The van der Waals surface area contributed by atoms with Crippen molar-refractivity contribution in [1.29, 1.82) is 0 Å². The Kier molecular flexibility index (Phi) is 6.09. The number of halogens is 1. The van der Waals surface area contributed by atoms with Gasteiger partial charge in [0.15, 0.2) is 0 Å². The average molecular weight is 271 g/mol. The van der Waals surface area contributed by atoms with Crippen LogP contribution in [-0.4, -0.2) is 37.7 Å². The van der Waals surface area contributed by atoms with Crippen molar-refractivity contribution in [2.45, 2.75) is 25.4 Å². The maximum Gasteiger partial charge on any atom is 0.0658 e. The molecule has 0 fully saturated rings. The first kappa shape index (κ1) is 15.4. The van der Waals surface area contributed by atoms with Gasteiger partial charge in [-0.05, 0) is 31.2 Å². The van der Waals surface area contributed by atoms with E-state index >= 15 is 0 Å². The number of benzene rings is 1. The molecule has 0 aliphatic rings. The van der Waals surface area contributed by atoms with Gasteiger partial charge in [0.05, 0.1) is 12.1 Å². The van der Waals surface area contributed by atoms with Crippen LogP contribution in [0.15, 0.2) is 24.3 Å². The highest BCUT2D eigenvalue weighted by molar-refractivity contribution is 6.30. The molecular weight excluding hydrogens is 248 g/mol. The molecule has 0 saturated heterocycles. The molecule has 0 saturated carbocycles. The second kappa shape index (κ2) is 7.10. The van der Waals surface area contributed by atoms with E-state index in [1.54, 1.807) is 7.11 Å². The third-order valence-corrected chi connectivity index (χ3v) is 3.80. The predicted octanol–water partition coefficient (Wildman–Crippen LogP) is 2.53. The smallest absolute Gasteiger partial charge is 0.0658 e. The van der Waals surface area contributed by atoms with E-state index < -0.39 is 0 Å². The van der Waals surface area contributed by atoms with Gasteiger partial charge in [-0.25, -0.2) is 0 Å². The van der Waals surface area contributed by atoms with Crippen LogP contribution in [0.1, 0.15) is 18.9 Å². The largest absolute Gasteiger partial charge is 0.383 e. The third-order valence-electron chi connectivity index (χ3n) is 3.57. The first-order chi connectivity index (χ1) is 8.57. The number of nitrogens with two attached hydrogens (primary N) is 1. The van der Waals surface area contributed by atoms with E-state index in [1.807, 2.05) is 18.2 Å². The lowest BCUT2D eigenvalue weighted by atomic mass is 9.94. The Bertz CT molecular complexity index is 367. The number of hydrogen-bond donors (Lipinski definition) is 1. The number of ether oxygens (including phenoxy) is 1. The molecule has 4 heteroatoms. The summed E-state index contributed by atoms with van der Waals surface area (Å²) in [7, 11) is 3.80. The Morgan fingerprint density at radius 2 is 2.17 bits per heavy atom. The van der Waals surface area contributed by atoms with Crippen molar-refractivity contribution in [3.8, 4) is 0 Å². The van der Waals surface area contributed by atoms with E-state index in [9.17, 15) is 0 Å². The second-order valence-electron chi connectivity index (χ2n) is 4.70. The zero-order valence-electron chi connectivity index (χ0n) is 11.4. The van der Waals surface area contributed by atoms with Crippen molar-refractivity contribution in [3.63, 3.8) is 0 Å². The molecule has 0 bridgehead atoms. The number of likely N-dealkylation sites (N-methyl/N-ethyl adjacent to an activating group) is 1. The highest BCUT2D eigenvalue weighted by Crippen LogP contribution is 2.21. The number of hydrogen-bond acceptors (Lipinski definition) is 3. The molecule has 2 N–H and O–H groups in total. The molecule has 0 radical (unpaired) electrons. The zero-order valence-corrected chi connectivity index (χ0v) is 12.2. The molecule has 18 heavy (non-hydrogen) atoms. The molecule has 3 nitrogen and oxygen atoms in total. The van der Waals surface area contributed by atoms with Crippen LogP contribution in [0.25, 0.3) is 0 Å². The van der Waals surface area contributed by atoms with Gasteiger partial charge >= 0.3 is 0 Å². The summed E-state index contributed by atoms with van der Waals surface area (Å²) in [4.78, 5) is 2.25. The molecule has 0 aliphatic carbocycles. The van der Waals surface area contributed by atoms with Crippen LogP contribution in [0, 0.1) is 0 Å². The van der Waals surface area contributed by atoms with Crippen LogP contribution in [0.3, 0.4) is 0 Å². The minimum Gasteiger partial charge on any atom is -0.383 e. The minimum atomic E-state index is -0.114. The summed E-state index contributed by atoms with van der Waals surface area (Å²) >= 11 is 6.00. The molecule has 0 amide bonds. The van der Waals surface area contributed by atoms with Gasteiger partial charge in [0.1, 0.15) is 0 Å². The van der Waals surface area contributed by atoms with Crippen LogP contribution in [0.4, 0.5) is 0 Å². The first-order valence-corrected chi connectivity index (χ1v) is 6.60. The SMILES string of the molecule is CCC(CN)(COC)N(C)Cc1cccc(Cl)c1. The van der Waals surface area contributed by atoms with Crippen molar-refractivity contribution in [3.05, 3.63) is 34.9 Å². The van der Waals surface area contributed by atoms with Crippen molar-refractivity contribution in [2.24, 2.45) is 5.73 Å². The number of nitrogens with zero attached hydrogens (tertiary/aromatic N) is 1. The van der Waals surface area contributed by atoms with E-state index in [0.29, 0.717) is 13.2 Å². The summed E-state index contributed by atoms with van der Waals surface area (Å²) < 4.78 is 5.32. The van der Waals surface area contributed by atoms with Crippen molar-refractivity contribution >= 4 is 11.6 Å². The lowest BCUT2D eigenvalue weighted by molar-refractivity contribution is 0.0234. The molecule has 0 spiro atoms. The summed E-state index contributed by atoms with van der Waals surface area (Å²) in [5.74, 6) is 0. The molecular formula is C14H23ClN2O. The van der Waals surface area contributed by atoms with Gasteiger partial charge in [-0.2, -0.15) is 0 Å². The second-order valence-corrected chi connectivity index (χ2v) is 5.14. The molecule has 1 aromatic rings. The molecule has 1 atom stereocenters. The summed E-state index contributed by atoms with van der Waals surface area (Å²) in [5, 5.41) is 0.766. The van der Waals surface area contributed by atoms with Crippen LogP contribution in [-0.2, 0) is 11.3 Å². The van der Waals surface area contributed by atoms with E-state index in [0.717, 1.165) is 18.0 Å². The van der Waals surface area contributed by atoms with Crippen molar-refractivity contribution < 1.29 is 4.74 Å². The highest BCUT2D eigenvalue weighted by Gasteiger charge is 2.31. The Hall–Kier alpha value is -0.610. The predicted molar refractivity (Wildman–Crippen MR) is 76.9 cm³/mol. The lowest BCUT2D eigenvalue weighted by Crippen LogP contribution is -2.54. The Morgan fingerprint density at radius 1 is 1.44 bits per heavy atom. The number of methoxy groups -OCH3 is 1. The van der Waals surface area contributed by atoms with Crippen molar-refractivity contribution in [2.75, 3.05) is 27.3 Å². The van der Waals surface area contributed by atoms with Gasteiger partial charge < -0.3 is 10.5 Å². The summed E-state index contributed by atoms with van der Waals surface area (Å²) in [6, 6.07) is 7.92. The Labute approximate surface area is 115 Å². The van der Waals surface area contributed by atoms with Gasteiger partial charge in [-0.3, -0.25) is 4.90 Å². The van der Waals surface area contributed by atoms with Gasteiger partial charge in [0.2, 0.25) is 0 Å². The van der Waals surface area contributed by atoms with Gasteiger partial charge in [0.25, 0.3) is 0 Å².